The molecule has 2 aliphatic rings. The molecule has 0 aliphatic carbocycles. The number of carboxylic acids is 1. The van der Waals surface area contributed by atoms with Crippen molar-refractivity contribution in [1.29, 1.82) is 0 Å². The molecule has 1 fully saturated rings. The molecule has 1 atom stereocenters. The zero-order valence-electron chi connectivity index (χ0n) is 19.1. The molecular weight excluding hydrogens is 465 g/mol. The number of hydrogen-bond donors (Lipinski definition) is 2. The monoisotopic (exact) mass is 491 g/mol. The lowest BCUT2D eigenvalue weighted by atomic mass is 10.0. The second kappa shape index (κ2) is 11.4. The van der Waals surface area contributed by atoms with E-state index >= 15 is 0 Å². The average Bonchev–Trinajstić information content (AvgIpc) is 3.20. The summed E-state index contributed by atoms with van der Waals surface area (Å²) in [5.41, 5.74) is 0.905. The van der Waals surface area contributed by atoms with Gasteiger partial charge in [0.1, 0.15) is 11.9 Å². The number of aliphatic carboxylic acids is 1. The topological polar surface area (TPSA) is 143 Å². The Morgan fingerprint density at radius 1 is 1.17 bits per heavy atom. The number of amides is 2. The van der Waals surface area contributed by atoms with Crippen molar-refractivity contribution in [2.75, 3.05) is 44.2 Å². The standard InChI is InChI=1S/C23H26FN3O8/c1-14(28)25-12-16-11-17(23(33)35-16)15-2-3-19(18(24)10-15)26-6-8-27(9-7-26)20(29)13-34-22(32)5-4-21(30)31/h2-3,10-11,16H,4-9,12-13H2,1H3,(H,25,28)(H,30,31)/t16-/m1/s1. The minimum atomic E-state index is -1.13. The maximum atomic E-state index is 14.9. The third kappa shape index (κ3) is 7.01. The maximum Gasteiger partial charge on any atom is 0.339 e. The van der Waals surface area contributed by atoms with E-state index in [1.807, 2.05) is 0 Å². The summed E-state index contributed by atoms with van der Waals surface area (Å²) in [6.07, 6.45) is 0.250. The minimum Gasteiger partial charge on any atom is -0.481 e. The molecule has 12 heteroatoms. The summed E-state index contributed by atoms with van der Waals surface area (Å²) in [6.45, 7) is 2.28. The highest BCUT2D eigenvalue weighted by Crippen LogP contribution is 2.29. The number of halogens is 1. The van der Waals surface area contributed by atoms with Gasteiger partial charge in [0.2, 0.25) is 5.91 Å². The number of hydrogen-bond acceptors (Lipinski definition) is 8. The van der Waals surface area contributed by atoms with Crippen LogP contribution in [0, 0.1) is 5.82 Å². The number of piperazine rings is 1. The summed E-state index contributed by atoms with van der Waals surface area (Å²) in [5, 5.41) is 11.1. The van der Waals surface area contributed by atoms with Gasteiger partial charge < -0.3 is 29.7 Å². The van der Waals surface area contributed by atoms with E-state index in [0.717, 1.165) is 0 Å². The van der Waals surface area contributed by atoms with Crippen LogP contribution in [0.25, 0.3) is 5.57 Å². The number of ether oxygens (including phenoxy) is 2. The van der Waals surface area contributed by atoms with E-state index in [1.54, 1.807) is 23.1 Å². The Bertz CT molecular complexity index is 1050. The number of nitrogens with zero attached hydrogens (tertiary/aromatic N) is 2. The number of carboxylic acid groups (broad SMARTS) is 1. The van der Waals surface area contributed by atoms with Crippen molar-refractivity contribution in [3.05, 3.63) is 35.7 Å². The molecule has 0 spiro atoms. The zero-order valence-corrected chi connectivity index (χ0v) is 19.1. The lowest BCUT2D eigenvalue weighted by Crippen LogP contribution is -2.50. The second-order valence-electron chi connectivity index (χ2n) is 8.05. The van der Waals surface area contributed by atoms with Crippen molar-refractivity contribution in [3.8, 4) is 0 Å². The molecule has 188 valence electrons. The number of esters is 2. The number of rotatable bonds is 9. The minimum absolute atomic E-state index is 0.135. The molecule has 3 rings (SSSR count). The van der Waals surface area contributed by atoms with E-state index in [1.165, 1.54) is 17.9 Å². The maximum absolute atomic E-state index is 14.9. The van der Waals surface area contributed by atoms with Gasteiger partial charge in [0.25, 0.3) is 5.91 Å². The molecule has 0 aromatic heterocycles. The van der Waals surface area contributed by atoms with Crippen LogP contribution in [-0.4, -0.2) is 85.2 Å². The fourth-order valence-corrected chi connectivity index (χ4v) is 3.69. The van der Waals surface area contributed by atoms with Gasteiger partial charge in [0.15, 0.2) is 6.61 Å². The molecule has 2 N–H and O–H groups in total. The van der Waals surface area contributed by atoms with Gasteiger partial charge in [-0.05, 0) is 23.8 Å². The number of carbonyl (C=O) groups excluding carboxylic acids is 4. The van der Waals surface area contributed by atoms with Crippen molar-refractivity contribution >= 4 is 41.0 Å². The van der Waals surface area contributed by atoms with Crippen molar-refractivity contribution in [1.82, 2.24) is 10.2 Å². The molecule has 1 aromatic rings. The van der Waals surface area contributed by atoms with E-state index in [4.69, 9.17) is 14.6 Å². The van der Waals surface area contributed by atoms with Gasteiger partial charge in [-0.25, -0.2) is 9.18 Å². The van der Waals surface area contributed by atoms with Crippen LogP contribution in [0.5, 0.6) is 0 Å². The Morgan fingerprint density at radius 2 is 1.89 bits per heavy atom. The molecular formula is C23H26FN3O8. The Morgan fingerprint density at radius 3 is 2.51 bits per heavy atom. The van der Waals surface area contributed by atoms with Gasteiger partial charge in [-0.3, -0.25) is 19.2 Å². The molecule has 2 heterocycles. The van der Waals surface area contributed by atoms with Crippen LogP contribution in [0.1, 0.15) is 25.3 Å². The molecule has 0 saturated carbocycles. The molecule has 1 saturated heterocycles. The molecule has 0 unspecified atom stereocenters. The normalized spacial score (nSPS) is 17.5. The lowest BCUT2D eigenvalue weighted by Gasteiger charge is -2.36. The lowest BCUT2D eigenvalue weighted by molar-refractivity contribution is -0.153. The fraction of sp³-hybridized carbons (Fsp3) is 0.435. The summed E-state index contributed by atoms with van der Waals surface area (Å²) in [6, 6.07) is 4.42. The van der Waals surface area contributed by atoms with Crippen LogP contribution in [0.4, 0.5) is 10.1 Å². The smallest absolute Gasteiger partial charge is 0.339 e. The first-order valence-corrected chi connectivity index (χ1v) is 11.0. The van der Waals surface area contributed by atoms with Crippen molar-refractivity contribution < 1.29 is 42.9 Å². The average molecular weight is 491 g/mol. The highest BCUT2D eigenvalue weighted by Gasteiger charge is 2.28. The van der Waals surface area contributed by atoms with E-state index in [9.17, 15) is 28.4 Å². The molecule has 11 nitrogen and oxygen atoms in total. The van der Waals surface area contributed by atoms with Crippen LogP contribution in [-0.2, 0) is 33.4 Å². The molecule has 35 heavy (non-hydrogen) atoms. The SMILES string of the molecule is CC(=O)NC[C@H]1C=C(c2ccc(N3CCN(C(=O)COC(=O)CCC(=O)O)CC3)c(F)c2)C(=O)O1. The summed E-state index contributed by atoms with van der Waals surface area (Å²) < 4.78 is 24.9. The van der Waals surface area contributed by atoms with Crippen molar-refractivity contribution in [3.63, 3.8) is 0 Å². The molecule has 0 radical (unpaired) electrons. The van der Waals surface area contributed by atoms with Gasteiger partial charge in [-0.2, -0.15) is 0 Å². The molecule has 1 aromatic carbocycles. The Balaban J connectivity index is 1.53. The molecule has 2 amide bonds. The predicted molar refractivity (Wildman–Crippen MR) is 120 cm³/mol. The van der Waals surface area contributed by atoms with Gasteiger partial charge >= 0.3 is 17.9 Å². The molecule has 0 bridgehead atoms. The third-order valence-corrected chi connectivity index (χ3v) is 5.51. The Hall–Kier alpha value is -3.96. The first kappa shape index (κ1) is 25.7. The van der Waals surface area contributed by atoms with Gasteiger partial charge in [-0.15, -0.1) is 0 Å². The summed E-state index contributed by atoms with van der Waals surface area (Å²) in [4.78, 5) is 60.6. The van der Waals surface area contributed by atoms with Gasteiger partial charge in [-0.1, -0.05) is 6.07 Å². The number of nitrogens with one attached hydrogen (secondary N) is 1. The third-order valence-electron chi connectivity index (χ3n) is 5.51. The van der Waals surface area contributed by atoms with E-state index in [-0.39, 0.29) is 44.0 Å². The number of cyclic esters (lactones) is 1. The van der Waals surface area contributed by atoms with Crippen LogP contribution in [0.2, 0.25) is 0 Å². The first-order valence-electron chi connectivity index (χ1n) is 11.0. The highest BCUT2D eigenvalue weighted by atomic mass is 19.1. The summed E-state index contributed by atoms with van der Waals surface area (Å²) >= 11 is 0. The van der Waals surface area contributed by atoms with E-state index in [2.05, 4.69) is 5.32 Å². The quantitative estimate of drug-likeness (QED) is 0.467. The van der Waals surface area contributed by atoms with Gasteiger partial charge in [0.05, 0.1) is 30.6 Å². The second-order valence-corrected chi connectivity index (χ2v) is 8.05. The summed E-state index contributed by atoms with van der Waals surface area (Å²) in [7, 11) is 0. The van der Waals surface area contributed by atoms with Gasteiger partial charge in [0, 0.05) is 33.1 Å². The van der Waals surface area contributed by atoms with Crippen LogP contribution in [0.3, 0.4) is 0 Å². The van der Waals surface area contributed by atoms with Crippen molar-refractivity contribution in [2.45, 2.75) is 25.9 Å². The number of anilines is 1. The Kier molecular flexibility index (Phi) is 8.39. The largest absolute Gasteiger partial charge is 0.481 e. The number of benzene rings is 1. The summed E-state index contributed by atoms with van der Waals surface area (Å²) in [5.74, 6) is -3.68. The van der Waals surface area contributed by atoms with Crippen LogP contribution >= 0.6 is 0 Å². The predicted octanol–water partition coefficient (Wildman–Crippen LogP) is 0.327. The zero-order chi connectivity index (χ0) is 25.5. The van der Waals surface area contributed by atoms with Crippen LogP contribution in [0.15, 0.2) is 24.3 Å². The number of carbonyl (C=O) groups is 5. The highest BCUT2D eigenvalue weighted by molar-refractivity contribution is 6.18. The first-order chi connectivity index (χ1) is 16.6. The Labute approximate surface area is 200 Å². The molecule has 2 aliphatic heterocycles. The van der Waals surface area contributed by atoms with E-state index in [0.29, 0.717) is 24.3 Å². The fourth-order valence-electron chi connectivity index (χ4n) is 3.69. The van der Waals surface area contributed by atoms with Crippen molar-refractivity contribution in [2.24, 2.45) is 0 Å². The van der Waals surface area contributed by atoms with Crippen LogP contribution < -0.4 is 10.2 Å². The van der Waals surface area contributed by atoms with E-state index < -0.39 is 42.3 Å².